The zero-order chi connectivity index (χ0) is 22.0. The number of likely N-dealkylation sites (tertiary alicyclic amines) is 1. The maximum Gasteiger partial charge on any atom is 0.310 e. The summed E-state index contributed by atoms with van der Waals surface area (Å²) in [5.74, 6) is -0.678. The number of carbonyl (C=O) groups is 2. The van der Waals surface area contributed by atoms with E-state index >= 15 is 0 Å². The van der Waals surface area contributed by atoms with Crippen LogP contribution >= 0.6 is 12.2 Å². The predicted octanol–water partition coefficient (Wildman–Crippen LogP) is 3.46. The summed E-state index contributed by atoms with van der Waals surface area (Å²) < 4.78 is 6.82. The monoisotopic (exact) mass is 437 g/mol. The SMILES string of the molecule is CCOC(=O)[C@@H]1CCCN(C(=O)c2ccc(-n3c(=S)[nH]c4ccccc4c3=O)cc2)C1. The van der Waals surface area contributed by atoms with E-state index in [9.17, 15) is 14.4 Å². The molecule has 0 bridgehead atoms. The Hall–Kier alpha value is -3.26. The minimum Gasteiger partial charge on any atom is -0.466 e. The van der Waals surface area contributed by atoms with E-state index in [1.165, 1.54) is 4.57 Å². The van der Waals surface area contributed by atoms with Crippen LogP contribution in [0.3, 0.4) is 0 Å². The topological polar surface area (TPSA) is 84.4 Å². The van der Waals surface area contributed by atoms with Crippen molar-refractivity contribution >= 4 is 35.0 Å². The van der Waals surface area contributed by atoms with Gasteiger partial charge in [0.2, 0.25) is 0 Å². The second-order valence-corrected chi connectivity index (χ2v) is 7.89. The van der Waals surface area contributed by atoms with E-state index in [1.807, 2.05) is 6.07 Å². The molecule has 1 N–H and O–H groups in total. The van der Waals surface area contributed by atoms with Crippen LogP contribution in [0, 0.1) is 10.7 Å². The number of fused-ring (bicyclic) bond motifs is 1. The van der Waals surface area contributed by atoms with E-state index in [2.05, 4.69) is 4.98 Å². The fourth-order valence-corrected chi connectivity index (χ4v) is 4.24. The first kappa shape index (κ1) is 21.0. The Labute approximate surface area is 184 Å². The molecule has 0 radical (unpaired) electrons. The molecule has 160 valence electrons. The minimum atomic E-state index is -0.286. The van der Waals surface area contributed by atoms with Gasteiger partial charge in [-0.25, -0.2) is 0 Å². The highest BCUT2D eigenvalue weighted by Crippen LogP contribution is 2.21. The van der Waals surface area contributed by atoms with Crippen molar-refractivity contribution < 1.29 is 14.3 Å². The number of esters is 1. The van der Waals surface area contributed by atoms with Gasteiger partial charge < -0.3 is 14.6 Å². The van der Waals surface area contributed by atoms with Crippen molar-refractivity contribution in [1.29, 1.82) is 0 Å². The van der Waals surface area contributed by atoms with Crippen molar-refractivity contribution in [3.63, 3.8) is 0 Å². The third-order valence-electron chi connectivity index (χ3n) is 5.51. The number of para-hydroxylation sites is 1. The van der Waals surface area contributed by atoms with Crippen molar-refractivity contribution in [2.45, 2.75) is 19.8 Å². The molecule has 1 fully saturated rings. The predicted molar refractivity (Wildman–Crippen MR) is 120 cm³/mol. The lowest BCUT2D eigenvalue weighted by Gasteiger charge is -2.31. The molecule has 1 amide bonds. The van der Waals surface area contributed by atoms with Gasteiger partial charge in [-0.3, -0.25) is 19.0 Å². The Morgan fingerprint density at radius 1 is 1.16 bits per heavy atom. The third-order valence-corrected chi connectivity index (χ3v) is 5.79. The largest absolute Gasteiger partial charge is 0.466 e. The molecular formula is C23H23N3O4S. The van der Waals surface area contributed by atoms with E-state index in [0.717, 1.165) is 12.8 Å². The van der Waals surface area contributed by atoms with Gasteiger partial charge in [-0.15, -0.1) is 0 Å². The molecule has 1 aliphatic heterocycles. The number of hydrogen-bond donors (Lipinski definition) is 1. The fraction of sp³-hybridized carbons (Fsp3) is 0.304. The van der Waals surface area contributed by atoms with Crippen LogP contribution in [0.15, 0.2) is 53.3 Å². The van der Waals surface area contributed by atoms with Gasteiger partial charge in [0.05, 0.1) is 29.1 Å². The molecular weight excluding hydrogens is 414 g/mol. The van der Waals surface area contributed by atoms with Crippen LogP contribution < -0.4 is 5.56 Å². The number of ether oxygens (including phenoxy) is 1. The standard InChI is InChI=1S/C23H23N3O4S/c1-2-30-22(29)16-6-5-13-25(14-16)20(27)15-9-11-17(12-10-15)26-21(28)18-7-3-4-8-19(18)24-23(26)31/h3-4,7-12,16H,2,5-6,13-14H2,1H3,(H,24,31)/t16-/m1/s1. The van der Waals surface area contributed by atoms with Crippen LogP contribution in [0.4, 0.5) is 0 Å². The highest BCUT2D eigenvalue weighted by Gasteiger charge is 2.29. The number of benzene rings is 2. The molecule has 0 saturated carbocycles. The van der Waals surface area contributed by atoms with Gasteiger partial charge in [-0.1, -0.05) is 12.1 Å². The van der Waals surface area contributed by atoms with E-state index < -0.39 is 0 Å². The molecule has 8 heteroatoms. The molecule has 2 aromatic carbocycles. The van der Waals surface area contributed by atoms with E-state index in [1.54, 1.807) is 54.3 Å². The van der Waals surface area contributed by atoms with Crippen LogP contribution in [0.1, 0.15) is 30.1 Å². The molecule has 7 nitrogen and oxygen atoms in total. The zero-order valence-corrected chi connectivity index (χ0v) is 18.0. The Morgan fingerprint density at radius 2 is 1.90 bits per heavy atom. The summed E-state index contributed by atoms with van der Waals surface area (Å²) in [6, 6.07) is 14.0. The first-order chi connectivity index (χ1) is 15.0. The molecule has 0 spiro atoms. The lowest BCUT2D eigenvalue weighted by Crippen LogP contribution is -2.42. The van der Waals surface area contributed by atoms with Gasteiger partial charge in [-0.2, -0.15) is 0 Å². The smallest absolute Gasteiger partial charge is 0.310 e. The van der Waals surface area contributed by atoms with Crippen LogP contribution in [-0.2, 0) is 9.53 Å². The lowest BCUT2D eigenvalue weighted by molar-refractivity contribution is -0.149. The molecule has 3 aromatic rings. The zero-order valence-electron chi connectivity index (χ0n) is 17.2. The summed E-state index contributed by atoms with van der Waals surface area (Å²) >= 11 is 5.38. The van der Waals surface area contributed by atoms with Gasteiger partial charge in [0, 0.05) is 18.7 Å². The van der Waals surface area contributed by atoms with Gasteiger partial charge >= 0.3 is 5.97 Å². The van der Waals surface area contributed by atoms with E-state index in [-0.39, 0.29) is 28.1 Å². The molecule has 31 heavy (non-hydrogen) atoms. The van der Waals surface area contributed by atoms with Gasteiger partial charge in [0.1, 0.15) is 0 Å². The molecule has 2 heterocycles. The molecule has 1 saturated heterocycles. The Bertz CT molecular complexity index is 1250. The Morgan fingerprint density at radius 3 is 2.65 bits per heavy atom. The summed E-state index contributed by atoms with van der Waals surface area (Å²) in [5.41, 5.74) is 1.54. The lowest BCUT2D eigenvalue weighted by atomic mass is 9.97. The van der Waals surface area contributed by atoms with Crippen molar-refractivity contribution in [3.05, 3.63) is 69.2 Å². The molecule has 4 rings (SSSR count). The average Bonchev–Trinajstić information content (AvgIpc) is 2.79. The average molecular weight is 438 g/mol. The van der Waals surface area contributed by atoms with Crippen LogP contribution in [0.2, 0.25) is 0 Å². The van der Waals surface area contributed by atoms with Crippen molar-refractivity contribution in [3.8, 4) is 5.69 Å². The number of amides is 1. The summed E-state index contributed by atoms with van der Waals surface area (Å²) in [7, 11) is 0. The molecule has 0 aliphatic carbocycles. The number of H-pyrrole nitrogens is 1. The van der Waals surface area contributed by atoms with Gasteiger partial charge in [-0.05, 0) is 68.4 Å². The fourth-order valence-electron chi connectivity index (χ4n) is 3.95. The Balaban J connectivity index is 1.58. The maximum atomic E-state index is 13.0. The number of nitrogens with one attached hydrogen (secondary N) is 1. The number of aromatic nitrogens is 2. The number of aromatic amines is 1. The highest BCUT2D eigenvalue weighted by atomic mass is 32.1. The van der Waals surface area contributed by atoms with Crippen molar-refractivity contribution in [2.24, 2.45) is 5.92 Å². The first-order valence-corrected chi connectivity index (χ1v) is 10.7. The number of hydrogen-bond acceptors (Lipinski definition) is 5. The summed E-state index contributed by atoms with van der Waals surface area (Å²) in [6.45, 7) is 3.07. The number of rotatable bonds is 4. The quantitative estimate of drug-likeness (QED) is 0.499. The first-order valence-electron chi connectivity index (χ1n) is 10.3. The highest BCUT2D eigenvalue weighted by molar-refractivity contribution is 7.71. The number of nitrogens with zero attached hydrogens (tertiary/aromatic N) is 2. The molecule has 1 aromatic heterocycles. The number of piperidine rings is 1. The normalized spacial score (nSPS) is 16.3. The van der Waals surface area contributed by atoms with Crippen LogP contribution in [0.5, 0.6) is 0 Å². The summed E-state index contributed by atoms with van der Waals surface area (Å²) in [6.07, 6.45) is 1.49. The van der Waals surface area contributed by atoms with E-state index in [0.29, 0.717) is 41.9 Å². The molecule has 1 atom stereocenters. The minimum absolute atomic E-state index is 0.142. The number of carbonyl (C=O) groups excluding carboxylic acids is 2. The summed E-state index contributed by atoms with van der Waals surface area (Å²) in [4.78, 5) is 42.7. The Kier molecular flexibility index (Phi) is 5.99. The third kappa shape index (κ3) is 4.16. The summed E-state index contributed by atoms with van der Waals surface area (Å²) in [5, 5.41) is 0.537. The van der Waals surface area contributed by atoms with Crippen molar-refractivity contribution in [2.75, 3.05) is 19.7 Å². The van der Waals surface area contributed by atoms with Crippen LogP contribution in [0.25, 0.3) is 16.6 Å². The second-order valence-electron chi connectivity index (χ2n) is 7.51. The second kappa shape index (κ2) is 8.85. The van der Waals surface area contributed by atoms with Crippen LogP contribution in [-0.4, -0.2) is 46.0 Å². The molecule has 1 aliphatic rings. The van der Waals surface area contributed by atoms with E-state index in [4.69, 9.17) is 17.0 Å². The molecule has 0 unspecified atom stereocenters. The van der Waals surface area contributed by atoms with Crippen molar-refractivity contribution in [1.82, 2.24) is 14.5 Å². The van der Waals surface area contributed by atoms with Gasteiger partial charge in [0.25, 0.3) is 11.5 Å². The van der Waals surface area contributed by atoms with Gasteiger partial charge in [0.15, 0.2) is 4.77 Å². The maximum absolute atomic E-state index is 13.0.